The van der Waals surface area contributed by atoms with E-state index in [1.165, 1.54) is 0 Å². The van der Waals surface area contributed by atoms with Crippen molar-refractivity contribution < 1.29 is 14.3 Å². The van der Waals surface area contributed by atoms with Crippen molar-refractivity contribution in [3.63, 3.8) is 0 Å². The number of methoxy groups -OCH3 is 1. The minimum atomic E-state index is -1.20. The van der Waals surface area contributed by atoms with E-state index in [0.717, 1.165) is 23.1 Å². The summed E-state index contributed by atoms with van der Waals surface area (Å²) in [5.41, 5.74) is 1.93. The van der Waals surface area contributed by atoms with Gasteiger partial charge in [-0.3, -0.25) is 14.5 Å². The molecule has 0 spiro atoms. The third-order valence-electron chi connectivity index (χ3n) is 6.17. The summed E-state index contributed by atoms with van der Waals surface area (Å²) in [7, 11) is 5.10. The van der Waals surface area contributed by atoms with Crippen molar-refractivity contribution in [2.24, 2.45) is 0 Å². The van der Waals surface area contributed by atoms with Crippen molar-refractivity contribution in [3.05, 3.63) is 58.1 Å². The number of likely N-dealkylation sites (N-methyl/N-ethyl adjacent to an activating group) is 1. The van der Waals surface area contributed by atoms with Crippen LogP contribution in [-0.2, 0) is 15.1 Å². The van der Waals surface area contributed by atoms with Crippen LogP contribution in [0.5, 0.6) is 5.75 Å². The number of fused-ring (bicyclic) bond motifs is 1. The highest BCUT2D eigenvalue weighted by molar-refractivity contribution is 6.31. The fraction of sp³-hybridized carbons (Fsp3) is 0.391. The van der Waals surface area contributed by atoms with Gasteiger partial charge in [0.25, 0.3) is 5.91 Å². The molecule has 0 saturated carbocycles. The number of nitrogens with zero attached hydrogens (tertiary/aromatic N) is 2. The fourth-order valence-electron chi connectivity index (χ4n) is 4.93. The quantitative estimate of drug-likeness (QED) is 0.812. The van der Waals surface area contributed by atoms with Crippen molar-refractivity contribution in [2.75, 3.05) is 33.1 Å². The monoisotopic (exact) mass is 427 g/mol. The van der Waals surface area contributed by atoms with Crippen LogP contribution in [0.3, 0.4) is 0 Å². The number of aryl methyl sites for hydroxylation is 1. The third kappa shape index (κ3) is 2.89. The van der Waals surface area contributed by atoms with E-state index in [9.17, 15) is 9.59 Å². The van der Waals surface area contributed by atoms with Gasteiger partial charge in [-0.1, -0.05) is 23.7 Å². The summed E-state index contributed by atoms with van der Waals surface area (Å²) in [5.74, 6) is 0.412. The lowest BCUT2D eigenvalue weighted by atomic mass is 9.78. The molecule has 7 heteroatoms. The van der Waals surface area contributed by atoms with E-state index < -0.39 is 11.6 Å². The number of rotatable bonds is 4. The van der Waals surface area contributed by atoms with Crippen LogP contribution >= 0.6 is 11.6 Å². The lowest BCUT2D eigenvalue weighted by Gasteiger charge is -2.42. The number of benzene rings is 2. The molecular weight excluding hydrogens is 402 g/mol. The van der Waals surface area contributed by atoms with Crippen LogP contribution in [0.15, 0.2) is 36.4 Å². The highest BCUT2D eigenvalue weighted by Gasteiger charge is 2.58. The Morgan fingerprint density at radius 1 is 1.30 bits per heavy atom. The van der Waals surface area contributed by atoms with Gasteiger partial charge in [0.15, 0.2) is 5.54 Å². The second kappa shape index (κ2) is 7.60. The third-order valence-corrected chi connectivity index (χ3v) is 6.41. The Bertz CT molecular complexity index is 1020. The maximum absolute atomic E-state index is 13.8. The molecular formula is C23H26ClN3O3. The molecule has 2 aromatic rings. The van der Waals surface area contributed by atoms with Crippen LogP contribution in [0, 0.1) is 6.92 Å². The number of halogens is 1. The zero-order valence-corrected chi connectivity index (χ0v) is 18.4. The molecule has 4 rings (SSSR count). The molecule has 1 N–H and O–H groups in total. The first-order chi connectivity index (χ1) is 14.3. The van der Waals surface area contributed by atoms with Crippen LogP contribution in [0.2, 0.25) is 5.02 Å². The van der Waals surface area contributed by atoms with Gasteiger partial charge in [0.2, 0.25) is 5.91 Å². The molecule has 1 fully saturated rings. The summed E-state index contributed by atoms with van der Waals surface area (Å²) < 4.78 is 5.72. The van der Waals surface area contributed by atoms with Gasteiger partial charge in [0.05, 0.1) is 13.2 Å². The standard InChI is InChI=1S/C23H26ClN3O3/c1-14-7-5-9-19(30-4)20(14)23(27-12-6-8-18(27)21(28)26(2)3)16-13-15(24)10-11-17(16)25-22(23)29/h5,7,9-11,13,18H,6,8,12H2,1-4H3,(H,25,29). The molecule has 0 bridgehead atoms. The van der Waals surface area contributed by atoms with Crippen LogP contribution in [0.25, 0.3) is 0 Å². The Hall–Kier alpha value is -2.57. The van der Waals surface area contributed by atoms with E-state index in [1.807, 2.05) is 42.2 Å². The summed E-state index contributed by atoms with van der Waals surface area (Å²) >= 11 is 6.39. The van der Waals surface area contributed by atoms with E-state index in [-0.39, 0.29) is 11.8 Å². The van der Waals surface area contributed by atoms with Gasteiger partial charge in [-0.2, -0.15) is 0 Å². The Morgan fingerprint density at radius 2 is 2.07 bits per heavy atom. The Morgan fingerprint density at radius 3 is 2.77 bits per heavy atom. The fourth-order valence-corrected chi connectivity index (χ4v) is 5.11. The van der Waals surface area contributed by atoms with E-state index in [1.54, 1.807) is 32.2 Å². The number of amides is 2. The molecule has 6 nitrogen and oxygen atoms in total. The Kier molecular flexibility index (Phi) is 5.24. The molecule has 2 aliphatic heterocycles. The van der Waals surface area contributed by atoms with Gasteiger partial charge < -0.3 is 15.0 Å². The Balaban J connectivity index is 2.06. The van der Waals surface area contributed by atoms with Crippen molar-refractivity contribution >= 4 is 29.1 Å². The van der Waals surface area contributed by atoms with Gasteiger partial charge >= 0.3 is 0 Å². The molecule has 2 atom stereocenters. The van der Waals surface area contributed by atoms with Crippen molar-refractivity contribution in [1.29, 1.82) is 0 Å². The maximum Gasteiger partial charge on any atom is 0.254 e. The highest BCUT2D eigenvalue weighted by atomic mass is 35.5. The van der Waals surface area contributed by atoms with Crippen molar-refractivity contribution in [2.45, 2.75) is 31.3 Å². The largest absolute Gasteiger partial charge is 0.496 e. The summed E-state index contributed by atoms with van der Waals surface area (Å²) in [6, 6.07) is 10.7. The minimum Gasteiger partial charge on any atom is -0.496 e. The molecule has 2 amide bonds. The van der Waals surface area contributed by atoms with Gasteiger partial charge in [-0.15, -0.1) is 0 Å². The zero-order valence-electron chi connectivity index (χ0n) is 17.7. The molecule has 0 aromatic heterocycles. The first kappa shape index (κ1) is 20.7. The number of hydrogen-bond acceptors (Lipinski definition) is 4. The second-order valence-electron chi connectivity index (χ2n) is 8.09. The number of carbonyl (C=O) groups excluding carboxylic acids is 2. The number of nitrogens with one attached hydrogen (secondary N) is 1. The first-order valence-electron chi connectivity index (χ1n) is 10.1. The van der Waals surface area contributed by atoms with Crippen LogP contribution < -0.4 is 10.1 Å². The lowest BCUT2D eigenvalue weighted by molar-refractivity contribution is -0.138. The molecule has 158 valence electrons. The smallest absolute Gasteiger partial charge is 0.254 e. The van der Waals surface area contributed by atoms with E-state index >= 15 is 0 Å². The van der Waals surface area contributed by atoms with Gasteiger partial charge in [-0.25, -0.2) is 0 Å². The highest BCUT2D eigenvalue weighted by Crippen LogP contribution is 2.52. The molecule has 2 aromatic carbocycles. The van der Waals surface area contributed by atoms with Crippen molar-refractivity contribution in [3.8, 4) is 5.75 Å². The average molecular weight is 428 g/mol. The summed E-state index contributed by atoms with van der Waals surface area (Å²) in [5, 5.41) is 3.58. The SMILES string of the molecule is COc1cccc(C)c1C1(N2CCCC2C(=O)N(C)C)C(=O)Nc2ccc(Cl)cc21. The van der Waals surface area contributed by atoms with Crippen LogP contribution in [0.4, 0.5) is 5.69 Å². The average Bonchev–Trinajstić information content (AvgIpc) is 3.30. The zero-order chi connectivity index (χ0) is 21.6. The van der Waals surface area contributed by atoms with Gasteiger partial charge in [-0.05, 0) is 49.6 Å². The number of anilines is 1. The number of likely N-dealkylation sites (tertiary alicyclic amines) is 1. The van der Waals surface area contributed by atoms with E-state index in [4.69, 9.17) is 16.3 Å². The first-order valence-corrected chi connectivity index (χ1v) is 10.4. The topological polar surface area (TPSA) is 61.9 Å². The lowest BCUT2D eigenvalue weighted by Crippen LogP contribution is -2.57. The van der Waals surface area contributed by atoms with Crippen molar-refractivity contribution in [1.82, 2.24) is 9.80 Å². The predicted octanol–water partition coefficient (Wildman–Crippen LogP) is 3.41. The van der Waals surface area contributed by atoms with Crippen LogP contribution in [0.1, 0.15) is 29.5 Å². The molecule has 0 aliphatic carbocycles. The molecule has 2 aliphatic rings. The van der Waals surface area contributed by atoms with Gasteiger partial charge in [0.1, 0.15) is 5.75 Å². The minimum absolute atomic E-state index is 0.0114. The van der Waals surface area contributed by atoms with E-state index in [0.29, 0.717) is 29.4 Å². The maximum atomic E-state index is 13.8. The number of carbonyl (C=O) groups is 2. The molecule has 1 saturated heterocycles. The predicted molar refractivity (Wildman–Crippen MR) is 117 cm³/mol. The molecule has 2 unspecified atom stereocenters. The second-order valence-corrected chi connectivity index (χ2v) is 8.53. The Labute approximate surface area is 181 Å². The number of ether oxygens (including phenoxy) is 1. The van der Waals surface area contributed by atoms with Gasteiger partial charge in [0, 0.05) is 42.5 Å². The number of hydrogen-bond donors (Lipinski definition) is 1. The van der Waals surface area contributed by atoms with Crippen LogP contribution in [-0.4, -0.2) is 55.4 Å². The summed E-state index contributed by atoms with van der Waals surface area (Å²) in [6.07, 6.45) is 1.51. The summed E-state index contributed by atoms with van der Waals surface area (Å²) in [6.45, 7) is 2.58. The van der Waals surface area contributed by atoms with E-state index in [2.05, 4.69) is 5.32 Å². The molecule has 30 heavy (non-hydrogen) atoms. The summed E-state index contributed by atoms with van der Waals surface area (Å²) in [4.78, 5) is 30.6. The normalized spacial score (nSPS) is 23.2. The molecule has 0 radical (unpaired) electrons. The molecule has 2 heterocycles.